The number of ether oxygens (including phenoxy) is 3. The second kappa shape index (κ2) is 10.5. The predicted molar refractivity (Wildman–Crippen MR) is 131 cm³/mol. The van der Waals surface area contributed by atoms with Crippen molar-refractivity contribution in [3.05, 3.63) is 83.2 Å². The lowest BCUT2D eigenvalue weighted by Gasteiger charge is -2.14. The van der Waals surface area contributed by atoms with Crippen molar-refractivity contribution in [2.75, 3.05) is 20.8 Å². The Kier molecular flexibility index (Phi) is 7.07. The lowest BCUT2D eigenvalue weighted by Crippen LogP contribution is -2.17. The van der Waals surface area contributed by atoms with Crippen molar-refractivity contribution in [3.8, 4) is 17.2 Å². The Morgan fingerprint density at radius 2 is 1.79 bits per heavy atom. The maximum Gasteiger partial charge on any atom is 0.271 e. The average molecular weight is 459 g/mol. The van der Waals surface area contributed by atoms with Gasteiger partial charge in [0.05, 0.1) is 38.1 Å². The molecule has 1 amide bonds. The molecule has 0 bridgehead atoms. The van der Waals surface area contributed by atoms with E-state index in [1.807, 2.05) is 31.2 Å². The SMILES string of the molecule is CCOc1c(OC)cc(/C=N\NC(=O)c2ccc3nc(Cc4ccccc4)[nH]c3c2)cc1OC. The molecule has 0 saturated heterocycles. The number of nitrogens with zero attached hydrogens (tertiary/aromatic N) is 2. The second-order valence-electron chi connectivity index (χ2n) is 7.46. The number of hydrogen-bond donors (Lipinski definition) is 2. The number of aromatic amines is 1. The van der Waals surface area contributed by atoms with E-state index in [-0.39, 0.29) is 5.91 Å². The third-order valence-corrected chi connectivity index (χ3v) is 5.16. The third kappa shape index (κ3) is 5.17. The second-order valence-corrected chi connectivity index (χ2v) is 7.46. The van der Waals surface area contributed by atoms with Gasteiger partial charge in [-0.05, 0) is 42.8 Å². The molecule has 0 fully saturated rings. The number of rotatable bonds is 9. The Bertz CT molecular complexity index is 1290. The Labute approximate surface area is 197 Å². The molecule has 0 saturated carbocycles. The molecule has 34 heavy (non-hydrogen) atoms. The van der Waals surface area contributed by atoms with Gasteiger partial charge >= 0.3 is 0 Å². The number of nitrogens with one attached hydrogen (secondary N) is 2. The van der Waals surface area contributed by atoms with Gasteiger partial charge in [-0.1, -0.05) is 30.3 Å². The molecule has 8 heteroatoms. The van der Waals surface area contributed by atoms with Crippen LogP contribution in [0.25, 0.3) is 11.0 Å². The van der Waals surface area contributed by atoms with Crippen molar-refractivity contribution in [3.63, 3.8) is 0 Å². The van der Waals surface area contributed by atoms with E-state index in [4.69, 9.17) is 14.2 Å². The van der Waals surface area contributed by atoms with E-state index in [0.717, 1.165) is 22.4 Å². The fraction of sp³-hybridized carbons (Fsp3) is 0.192. The highest BCUT2D eigenvalue weighted by atomic mass is 16.5. The van der Waals surface area contributed by atoms with Gasteiger partial charge in [-0.15, -0.1) is 0 Å². The molecular weight excluding hydrogens is 432 g/mol. The molecule has 1 heterocycles. The van der Waals surface area contributed by atoms with Gasteiger partial charge in [0, 0.05) is 17.5 Å². The zero-order valence-corrected chi connectivity index (χ0v) is 19.3. The van der Waals surface area contributed by atoms with Gasteiger partial charge in [0.2, 0.25) is 5.75 Å². The van der Waals surface area contributed by atoms with E-state index in [1.165, 1.54) is 6.21 Å². The van der Waals surface area contributed by atoms with Gasteiger partial charge in [-0.3, -0.25) is 4.79 Å². The fourth-order valence-corrected chi connectivity index (χ4v) is 3.57. The van der Waals surface area contributed by atoms with E-state index in [1.54, 1.807) is 38.5 Å². The smallest absolute Gasteiger partial charge is 0.271 e. The number of carbonyl (C=O) groups excluding carboxylic acids is 1. The number of carbonyl (C=O) groups is 1. The Balaban J connectivity index is 1.46. The topological polar surface area (TPSA) is 97.8 Å². The standard InChI is InChI=1S/C26H26N4O4/c1-4-34-25-22(32-2)12-18(13-23(25)33-3)16-27-30-26(31)19-10-11-20-21(15-19)29-24(28-20)14-17-8-6-5-7-9-17/h5-13,15-16H,4,14H2,1-3H3,(H,28,29)(H,30,31)/b27-16-. The highest BCUT2D eigenvalue weighted by Gasteiger charge is 2.13. The van der Waals surface area contributed by atoms with Crippen LogP contribution in [-0.4, -0.2) is 42.9 Å². The molecule has 174 valence electrons. The van der Waals surface area contributed by atoms with Crippen molar-refractivity contribution in [1.29, 1.82) is 0 Å². The predicted octanol–water partition coefficient (Wildman–Crippen LogP) is 4.33. The minimum absolute atomic E-state index is 0.331. The molecule has 0 atom stereocenters. The monoisotopic (exact) mass is 458 g/mol. The normalized spacial score (nSPS) is 11.0. The van der Waals surface area contributed by atoms with Crippen LogP contribution in [-0.2, 0) is 6.42 Å². The van der Waals surface area contributed by atoms with Gasteiger partial charge < -0.3 is 19.2 Å². The number of aromatic nitrogens is 2. The summed E-state index contributed by atoms with van der Waals surface area (Å²) >= 11 is 0. The first-order valence-corrected chi connectivity index (χ1v) is 10.9. The average Bonchev–Trinajstić information content (AvgIpc) is 3.26. The molecule has 1 aromatic heterocycles. The summed E-state index contributed by atoms with van der Waals surface area (Å²) in [5.41, 5.74) is 6.48. The Morgan fingerprint density at radius 1 is 1.06 bits per heavy atom. The van der Waals surface area contributed by atoms with Crippen LogP contribution in [0.3, 0.4) is 0 Å². The number of H-pyrrole nitrogens is 1. The summed E-state index contributed by atoms with van der Waals surface area (Å²) in [6.45, 7) is 2.36. The quantitative estimate of drug-likeness (QED) is 0.287. The Morgan fingerprint density at radius 3 is 2.47 bits per heavy atom. The van der Waals surface area contributed by atoms with E-state index < -0.39 is 0 Å². The van der Waals surface area contributed by atoms with Crippen molar-refractivity contribution in [2.45, 2.75) is 13.3 Å². The molecule has 2 N–H and O–H groups in total. The van der Waals surface area contributed by atoms with E-state index in [0.29, 0.717) is 41.4 Å². The van der Waals surface area contributed by atoms with E-state index in [2.05, 4.69) is 32.6 Å². The van der Waals surface area contributed by atoms with Crippen LogP contribution in [0.2, 0.25) is 0 Å². The molecule has 4 rings (SSSR count). The van der Waals surface area contributed by atoms with Gasteiger partial charge in [0.25, 0.3) is 5.91 Å². The van der Waals surface area contributed by atoms with Crippen molar-refractivity contribution < 1.29 is 19.0 Å². The lowest BCUT2D eigenvalue weighted by atomic mass is 10.1. The van der Waals surface area contributed by atoms with Crippen LogP contribution in [0.15, 0.2) is 65.8 Å². The third-order valence-electron chi connectivity index (χ3n) is 5.16. The fourth-order valence-electron chi connectivity index (χ4n) is 3.57. The van der Waals surface area contributed by atoms with Gasteiger partial charge in [0.15, 0.2) is 11.5 Å². The maximum absolute atomic E-state index is 12.6. The summed E-state index contributed by atoms with van der Waals surface area (Å²) in [6, 6.07) is 18.9. The molecule has 4 aromatic rings. The number of imidazole rings is 1. The highest BCUT2D eigenvalue weighted by Crippen LogP contribution is 2.38. The number of benzene rings is 3. The first kappa shape index (κ1) is 22.8. The molecule has 0 spiro atoms. The summed E-state index contributed by atoms with van der Waals surface area (Å²) in [6.07, 6.45) is 2.21. The van der Waals surface area contributed by atoms with E-state index in [9.17, 15) is 4.79 Å². The number of methoxy groups -OCH3 is 2. The molecule has 0 unspecified atom stereocenters. The molecule has 0 aliphatic rings. The molecule has 0 aliphatic carbocycles. The number of hydrogen-bond acceptors (Lipinski definition) is 6. The van der Waals surface area contributed by atoms with Gasteiger partial charge in [-0.25, -0.2) is 10.4 Å². The number of fused-ring (bicyclic) bond motifs is 1. The summed E-state index contributed by atoms with van der Waals surface area (Å²) in [5.74, 6) is 2.07. The number of hydrazone groups is 1. The van der Waals surface area contributed by atoms with Crippen molar-refractivity contribution in [1.82, 2.24) is 15.4 Å². The molecule has 0 radical (unpaired) electrons. The summed E-state index contributed by atoms with van der Waals surface area (Å²) < 4.78 is 16.4. The maximum atomic E-state index is 12.6. The molecule has 3 aromatic carbocycles. The van der Waals surface area contributed by atoms with Crippen LogP contribution >= 0.6 is 0 Å². The first-order valence-electron chi connectivity index (χ1n) is 10.9. The zero-order chi connectivity index (χ0) is 23.9. The van der Waals surface area contributed by atoms with Crippen LogP contribution in [0.5, 0.6) is 17.2 Å². The van der Waals surface area contributed by atoms with Crippen LogP contribution in [0.4, 0.5) is 0 Å². The van der Waals surface area contributed by atoms with Crippen molar-refractivity contribution >= 4 is 23.2 Å². The van der Waals surface area contributed by atoms with Crippen LogP contribution in [0.1, 0.15) is 34.2 Å². The summed E-state index contributed by atoms with van der Waals surface area (Å²) in [7, 11) is 3.10. The lowest BCUT2D eigenvalue weighted by molar-refractivity contribution is 0.0955. The minimum Gasteiger partial charge on any atom is -0.493 e. The van der Waals surface area contributed by atoms with Gasteiger partial charge in [-0.2, -0.15) is 5.10 Å². The zero-order valence-electron chi connectivity index (χ0n) is 19.3. The Hall–Kier alpha value is -4.33. The van der Waals surface area contributed by atoms with Gasteiger partial charge in [0.1, 0.15) is 5.82 Å². The molecule has 8 nitrogen and oxygen atoms in total. The first-order chi connectivity index (χ1) is 16.6. The molecular formula is C26H26N4O4. The molecule has 0 aliphatic heterocycles. The number of amides is 1. The van der Waals surface area contributed by atoms with E-state index >= 15 is 0 Å². The van der Waals surface area contributed by atoms with Crippen LogP contribution < -0.4 is 19.6 Å². The summed E-state index contributed by atoms with van der Waals surface area (Å²) in [5, 5.41) is 4.08. The largest absolute Gasteiger partial charge is 0.493 e. The van der Waals surface area contributed by atoms with Crippen molar-refractivity contribution in [2.24, 2.45) is 5.10 Å². The summed E-state index contributed by atoms with van der Waals surface area (Å²) in [4.78, 5) is 20.5. The minimum atomic E-state index is -0.331. The van der Waals surface area contributed by atoms with Crippen LogP contribution in [0, 0.1) is 0 Å². The highest BCUT2D eigenvalue weighted by molar-refractivity contribution is 5.97.